The van der Waals surface area contributed by atoms with Crippen molar-refractivity contribution in [2.75, 3.05) is 31.3 Å². The van der Waals surface area contributed by atoms with E-state index in [9.17, 15) is 19.6 Å². The molecule has 36 heavy (non-hydrogen) atoms. The maximum Gasteiger partial charge on any atom is 0.327 e. The summed E-state index contributed by atoms with van der Waals surface area (Å²) in [6.45, 7) is 4.72. The largest absolute Gasteiger partial charge is 0.476 e. The Morgan fingerprint density at radius 3 is 2.75 bits per heavy atom. The van der Waals surface area contributed by atoms with Gasteiger partial charge in [0.15, 0.2) is 17.4 Å². The van der Waals surface area contributed by atoms with E-state index in [4.69, 9.17) is 24.5 Å². The van der Waals surface area contributed by atoms with Gasteiger partial charge in [0.05, 0.1) is 26.1 Å². The molecule has 0 aromatic carbocycles. The first kappa shape index (κ1) is 28.6. The second-order valence-electron chi connectivity index (χ2n) is 8.16. The number of fused-ring (bicyclic) bond motifs is 1. The summed E-state index contributed by atoms with van der Waals surface area (Å²) < 4.78 is 36.8. The van der Waals surface area contributed by atoms with E-state index in [2.05, 4.69) is 20.0 Å². The normalized spacial score (nSPS) is 26.6. The van der Waals surface area contributed by atoms with Crippen LogP contribution in [-0.4, -0.2) is 85.1 Å². The van der Waals surface area contributed by atoms with Gasteiger partial charge in [0.1, 0.15) is 23.9 Å². The van der Waals surface area contributed by atoms with E-state index in [1.807, 2.05) is 0 Å². The van der Waals surface area contributed by atoms with Crippen molar-refractivity contribution in [1.82, 2.24) is 24.6 Å². The highest BCUT2D eigenvalue weighted by molar-refractivity contribution is 8.56. The smallest absolute Gasteiger partial charge is 0.327 e. The van der Waals surface area contributed by atoms with Crippen LogP contribution in [0.2, 0.25) is 0 Å². The minimum Gasteiger partial charge on any atom is -0.476 e. The lowest BCUT2D eigenvalue weighted by Crippen LogP contribution is -2.44. The van der Waals surface area contributed by atoms with E-state index in [1.54, 1.807) is 20.8 Å². The van der Waals surface area contributed by atoms with Gasteiger partial charge in [-0.25, -0.2) is 10.1 Å². The molecule has 0 radical (unpaired) electrons. The Labute approximate surface area is 212 Å². The van der Waals surface area contributed by atoms with Gasteiger partial charge in [0, 0.05) is 5.75 Å². The number of carbonyl (C=O) groups is 1. The minimum atomic E-state index is -3.59. The fourth-order valence-corrected chi connectivity index (χ4v) is 7.31. The Morgan fingerprint density at radius 1 is 1.39 bits per heavy atom. The fourth-order valence-electron chi connectivity index (χ4n) is 3.70. The number of anilines is 1. The lowest BCUT2D eigenvalue weighted by atomic mass is 9.96. The lowest BCUT2D eigenvalue weighted by molar-refractivity contribution is -0.144. The number of nitrogens with two attached hydrogens (primary N) is 1. The van der Waals surface area contributed by atoms with E-state index in [0.29, 0.717) is 17.9 Å². The number of hydrogen-bond donors (Lipinski definition) is 4. The van der Waals surface area contributed by atoms with Crippen molar-refractivity contribution in [1.29, 1.82) is 0 Å². The summed E-state index contributed by atoms with van der Waals surface area (Å²) in [5.41, 5.74) is 4.56. The van der Waals surface area contributed by atoms with Crippen LogP contribution in [0, 0.1) is 0 Å². The predicted molar refractivity (Wildman–Crippen MR) is 132 cm³/mol. The zero-order valence-electron chi connectivity index (χ0n) is 20.8. The quantitative estimate of drug-likeness (QED) is 0.218. The van der Waals surface area contributed by atoms with Crippen molar-refractivity contribution in [3.8, 4) is 5.88 Å². The minimum absolute atomic E-state index is 0.0647. The van der Waals surface area contributed by atoms with Crippen molar-refractivity contribution in [3.05, 3.63) is 6.33 Å². The molecule has 6 atom stereocenters. The van der Waals surface area contributed by atoms with Gasteiger partial charge in [-0.05, 0) is 27.7 Å². The van der Waals surface area contributed by atoms with Crippen LogP contribution in [0.15, 0.2) is 6.33 Å². The molecule has 0 amide bonds. The van der Waals surface area contributed by atoms with Crippen LogP contribution in [0.25, 0.3) is 11.2 Å². The summed E-state index contributed by atoms with van der Waals surface area (Å²) in [5.74, 6) is -0.0301. The van der Waals surface area contributed by atoms with Gasteiger partial charge in [-0.1, -0.05) is 18.3 Å². The van der Waals surface area contributed by atoms with Gasteiger partial charge < -0.3 is 34.7 Å². The summed E-state index contributed by atoms with van der Waals surface area (Å²) >= 11 is 0.990. The molecule has 3 heterocycles. The first-order chi connectivity index (χ1) is 17.0. The van der Waals surface area contributed by atoms with Crippen molar-refractivity contribution < 1.29 is 38.3 Å². The van der Waals surface area contributed by atoms with Crippen LogP contribution >= 0.6 is 18.1 Å². The average Bonchev–Trinajstić information content (AvgIpc) is 3.31. The topological polar surface area (TPSA) is 193 Å². The Bertz CT molecular complexity index is 1120. The molecule has 2 aromatic heterocycles. The Morgan fingerprint density at radius 2 is 2.11 bits per heavy atom. The number of aromatic nitrogens is 4. The van der Waals surface area contributed by atoms with Gasteiger partial charge in [-0.15, -0.1) is 0 Å². The lowest BCUT2D eigenvalue weighted by Gasteiger charge is -2.27. The number of aliphatic hydroxyl groups is 2. The van der Waals surface area contributed by atoms with Crippen LogP contribution in [0.1, 0.15) is 40.8 Å². The number of nitrogens with one attached hydrogen (secondary N) is 1. The molecule has 1 aliphatic rings. The van der Waals surface area contributed by atoms with Gasteiger partial charge >= 0.3 is 12.7 Å². The van der Waals surface area contributed by atoms with Gasteiger partial charge in [0.25, 0.3) is 0 Å². The molecule has 16 heteroatoms. The number of imidazole rings is 1. The number of hydrogen-bond acceptors (Lipinski definition) is 13. The molecule has 5 N–H and O–H groups in total. The zero-order valence-corrected chi connectivity index (χ0v) is 22.5. The Kier molecular flexibility index (Phi) is 9.20. The number of nitrogens with zero attached hydrogens (tertiary/aromatic N) is 4. The SMILES string of the molecule is CCOC(=O)[C@H](C)NP(=O)(OC[C@H]1O[C@@H](n2cnc3c(OCC)nc(N)nc32)[C@](C)(O)[C@@H]1O)SCC. The highest BCUT2D eigenvalue weighted by Crippen LogP contribution is 2.56. The Balaban J connectivity index is 1.81. The molecule has 1 fully saturated rings. The van der Waals surface area contributed by atoms with Crippen LogP contribution in [0.3, 0.4) is 0 Å². The summed E-state index contributed by atoms with van der Waals surface area (Å²) in [4.78, 5) is 24.5. The third kappa shape index (κ3) is 5.93. The van der Waals surface area contributed by atoms with E-state index in [-0.39, 0.29) is 30.7 Å². The number of carbonyl (C=O) groups excluding carboxylic acids is 1. The van der Waals surface area contributed by atoms with Gasteiger partial charge in [-0.2, -0.15) is 9.97 Å². The standard InChI is InChI=1S/C20H33N6O8PS/c1-6-31-16-13-15(23-19(21)24-16)26(10-22-13)18-20(5,29)14(27)12(34-18)9-33-35(30,36-8-3)25-11(4)17(28)32-7-2/h10-12,14,18,27,29H,6-9H2,1-5H3,(H,25,30)(H2,21,23,24)/t11-,12+,14+,18+,20+,35?/m0/s1. The Hall–Kier alpha value is -2.00. The van der Waals surface area contributed by atoms with Crippen molar-refractivity contribution in [2.45, 2.75) is 64.7 Å². The van der Waals surface area contributed by atoms with Crippen LogP contribution in [-0.2, 0) is 23.4 Å². The van der Waals surface area contributed by atoms with Crippen molar-refractivity contribution in [3.63, 3.8) is 0 Å². The van der Waals surface area contributed by atoms with Gasteiger partial charge in [0.2, 0.25) is 11.8 Å². The summed E-state index contributed by atoms with van der Waals surface area (Å²) in [6, 6.07) is -0.887. The molecule has 1 aliphatic heterocycles. The van der Waals surface area contributed by atoms with Crippen molar-refractivity contribution >= 4 is 41.2 Å². The molecular weight excluding hydrogens is 515 g/mol. The molecule has 0 bridgehead atoms. The number of rotatable bonds is 12. The fraction of sp³-hybridized carbons (Fsp3) is 0.700. The van der Waals surface area contributed by atoms with E-state index < -0.39 is 42.8 Å². The van der Waals surface area contributed by atoms with Crippen LogP contribution in [0.5, 0.6) is 5.88 Å². The highest BCUT2D eigenvalue weighted by Gasteiger charge is 2.54. The molecule has 202 valence electrons. The molecule has 3 rings (SSSR count). The number of esters is 1. The predicted octanol–water partition coefficient (Wildman–Crippen LogP) is 1.24. The second-order valence-corrected chi connectivity index (χ2v) is 12.7. The monoisotopic (exact) mass is 548 g/mol. The molecule has 0 aliphatic carbocycles. The van der Waals surface area contributed by atoms with E-state index in [0.717, 1.165) is 11.4 Å². The first-order valence-corrected chi connectivity index (χ1v) is 14.7. The zero-order chi connectivity index (χ0) is 26.7. The maximum absolute atomic E-state index is 13.3. The first-order valence-electron chi connectivity index (χ1n) is 11.5. The molecule has 14 nitrogen and oxygen atoms in total. The molecule has 0 spiro atoms. The highest BCUT2D eigenvalue weighted by atomic mass is 32.7. The third-order valence-corrected chi connectivity index (χ3v) is 9.61. The molecule has 2 aromatic rings. The third-order valence-electron chi connectivity index (χ3n) is 5.39. The molecule has 0 saturated carbocycles. The average molecular weight is 549 g/mol. The summed E-state index contributed by atoms with van der Waals surface area (Å²) in [6.07, 6.45) is -2.26. The van der Waals surface area contributed by atoms with E-state index >= 15 is 0 Å². The van der Waals surface area contributed by atoms with Crippen LogP contribution < -0.4 is 15.6 Å². The van der Waals surface area contributed by atoms with Crippen LogP contribution in [0.4, 0.5) is 5.95 Å². The number of aliphatic hydroxyl groups excluding tert-OH is 1. The van der Waals surface area contributed by atoms with Gasteiger partial charge in [-0.3, -0.25) is 13.9 Å². The summed E-state index contributed by atoms with van der Waals surface area (Å²) in [5, 5.41) is 24.7. The molecular formula is C20H33N6O8PS. The van der Waals surface area contributed by atoms with E-state index in [1.165, 1.54) is 24.7 Å². The molecule has 1 saturated heterocycles. The summed E-state index contributed by atoms with van der Waals surface area (Å²) in [7, 11) is 0. The maximum atomic E-state index is 13.3. The van der Waals surface area contributed by atoms with Crippen molar-refractivity contribution in [2.24, 2.45) is 0 Å². The molecule has 1 unspecified atom stereocenters. The number of nitrogen functional groups attached to an aromatic ring is 1. The second kappa shape index (κ2) is 11.6. The number of ether oxygens (including phenoxy) is 3.